The lowest BCUT2D eigenvalue weighted by atomic mass is 10.1. The zero-order valence-corrected chi connectivity index (χ0v) is 16.9. The number of aliphatic imine (C=N–C) groups is 1. The van der Waals surface area contributed by atoms with E-state index in [-0.39, 0.29) is 0 Å². The van der Waals surface area contributed by atoms with Gasteiger partial charge in [0.15, 0.2) is 5.96 Å². The van der Waals surface area contributed by atoms with Gasteiger partial charge in [0.2, 0.25) is 0 Å². The number of ether oxygens (including phenoxy) is 3. The van der Waals surface area contributed by atoms with Gasteiger partial charge in [-0.15, -0.1) is 0 Å². The summed E-state index contributed by atoms with van der Waals surface area (Å²) in [4.78, 5) is 9.40. The van der Waals surface area contributed by atoms with Crippen molar-refractivity contribution in [2.45, 2.75) is 44.2 Å². The van der Waals surface area contributed by atoms with Crippen molar-refractivity contribution >= 4 is 5.96 Å². The molecule has 2 aliphatic rings. The number of guanidine groups is 1. The molecule has 0 aromatic carbocycles. The van der Waals surface area contributed by atoms with Crippen molar-refractivity contribution in [2.75, 3.05) is 73.8 Å². The number of piperidine rings is 1. The standard InChI is InChI=1S/C19H38N4O3/c1-20-19(21-16-17-6-4-9-22(17)12-15-25-3)23-10-7-18(8-11-23)26-14-5-13-24-2/h17-18H,4-16H2,1-3H3,(H,20,21). The zero-order chi connectivity index (χ0) is 18.6. The van der Waals surface area contributed by atoms with Crippen molar-refractivity contribution in [3.63, 3.8) is 0 Å². The van der Waals surface area contributed by atoms with Crippen molar-refractivity contribution in [3.05, 3.63) is 0 Å². The van der Waals surface area contributed by atoms with E-state index < -0.39 is 0 Å². The van der Waals surface area contributed by atoms with Crippen LogP contribution >= 0.6 is 0 Å². The van der Waals surface area contributed by atoms with Crippen LogP contribution in [0.1, 0.15) is 32.1 Å². The van der Waals surface area contributed by atoms with E-state index in [1.165, 1.54) is 19.4 Å². The molecule has 0 aliphatic carbocycles. The average molecular weight is 371 g/mol. The van der Waals surface area contributed by atoms with E-state index in [9.17, 15) is 0 Å². The summed E-state index contributed by atoms with van der Waals surface area (Å²) in [6.07, 6.45) is 6.02. The van der Waals surface area contributed by atoms with Crippen LogP contribution in [0.3, 0.4) is 0 Å². The lowest BCUT2D eigenvalue weighted by molar-refractivity contribution is 0.00986. The minimum atomic E-state index is 0.376. The molecule has 2 heterocycles. The number of hydrogen-bond acceptors (Lipinski definition) is 5. The van der Waals surface area contributed by atoms with Crippen LogP contribution in [0, 0.1) is 0 Å². The smallest absolute Gasteiger partial charge is 0.193 e. The van der Waals surface area contributed by atoms with Gasteiger partial charge in [-0.05, 0) is 38.6 Å². The molecule has 7 nitrogen and oxygen atoms in total. The molecule has 0 aromatic rings. The Hall–Kier alpha value is -0.890. The molecule has 0 radical (unpaired) electrons. The maximum absolute atomic E-state index is 5.95. The Bertz CT molecular complexity index is 400. The lowest BCUT2D eigenvalue weighted by Gasteiger charge is -2.35. The van der Waals surface area contributed by atoms with E-state index in [1.807, 2.05) is 7.05 Å². The van der Waals surface area contributed by atoms with Crippen molar-refractivity contribution < 1.29 is 14.2 Å². The highest BCUT2D eigenvalue weighted by molar-refractivity contribution is 5.80. The van der Waals surface area contributed by atoms with Gasteiger partial charge >= 0.3 is 0 Å². The quantitative estimate of drug-likeness (QED) is 0.354. The molecule has 0 spiro atoms. The Balaban J connectivity index is 1.67. The maximum Gasteiger partial charge on any atom is 0.193 e. The Morgan fingerprint density at radius 3 is 2.50 bits per heavy atom. The summed E-state index contributed by atoms with van der Waals surface area (Å²) in [5.41, 5.74) is 0. The second kappa shape index (κ2) is 12.5. The molecule has 0 saturated carbocycles. The zero-order valence-electron chi connectivity index (χ0n) is 16.9. The van der Waals surface area contributed by atoms with E-state index in [4.69, 9.17) is 14.2 Å². The van der Waals surface area contributed by atoms with Crippen LogP contribution in [-0.2, 0) is 14.2 Å². The monoisotopic (exact) mass is 370 g/mol. The van der Waals surface area contributed by atoms with Crippen molar-refractivity contribution in [1.82, 2.24) is 15.1 Å². The van der Waals surface area contributed by atoms with Crippen LogP contribution in [0.2, 0.25) is 0 Å². The fourth-order valence-corrected chi connectivity index (χ4v) is 3.86. The number of likely N-dealkylation sites (tertiary alicyclic amines) is 2. The number of nitrogens with zero attached hydrogens (tertiary/aromatic N) is 3. The minimum absolute atomic E-state index is 0.376. The number of hydrogen-bond donors (Lipinski definition) is 1. The topological polar surface area (TPSA) is 58.6 Å². The molecule has 2 aliphatic heterocycles. The SMILES string of the molecule is CN=C(NCC1CCCN1CCOC)N1CCC(OCCCOC)CC1. The van der Waals surface area contributed by atoms with Crippen LogP contribution in [-0.4, -0.2) is 102 Å². The van der Waals surface area contributed by atoms with Gasteiger partial charge < -0.3 is 24.4 Å². The summed E-state index contributed by atoms with van der Waals surface area (Å²) in [6.45, 7) is 7.56. The third-order valence-corrected chi connectivity index (χ3v) is 5.38. The minimum Gasteiger partial charge on any atom is -0.385 e. The molecule has 0 amide bonds. The lowest BCUT2D eigenvalue weighted by Crippen LogP contribution is -2.50. The summed E-state index contributed by atoms with van der Waals surface area (Å²) < 4.78 is 16.3. The predicted octanol–water partition coefficient (Wildman–Crippen LogP) is 1.19. The second-order valence-electron chi connectivity index (χ2n) is 7.16. The maximum atomic E-state index is 5.95. The molecule has 0 aromatic heterocycles. The first-order valence-corrected chi connectivity index (χ1v) is 10.1. The van der Waals surface area contributed by atoms with E-state index in [0.29, 0.717) is 12.1 Å². The van der Waals surface area contributed by atoms with Gasteiger partial charge in [0, 0.05) is 66.7 Å². The van der Waals surface area contributed by atoms with Crippen LogP contribution in [0.4, 0.5) is 0 Å². The summed E-state index contributed by atoms with van der Waals surface area (Å²) in [7, 11) is 5.39. The molecule has 2 rings (SSSR count). The molecule has 1 N–H and O–H groups in total. The first-order valence-electron chi connectivity index (χ1n) is 10.1. The fourth-order valence-electron chi connectivity index (χ4n) is 3.86. The van der Waals surface area contributed by atoms with Gasteiger partial charge in [0.25, 0.3) is 0 Å². The summed E-state index contributed by atoms with van der Waals surface area (Å²) in [6, 6.07) is 0.587. The van der Waals surface area contributed by atoms with Gasteiger partial charge in [-0.25, -0.2) is 0 Å². The van der Waals surface area contributed by atoms with Gasteiger partial charge in [0.1, 0.15) is 0 Å². The van der Waals surface area contributed by atoms with Crippen molar-refractivity contribution in [1.29, 1.82) is 0 Å². The summed E-state index contributed by atoms with van der Waals surface area (Å²) >= 11 is 0. The number of rotatable bonds is 10. The average Bonchev–Trinajstić information content (AvgIpc) is 3.12. The summed E-state index contributed by atoms with van der Waals surface area (Å²) in [5.74, 6) is 1.03. The van der Waals surface area contributed by atoms with E-state index in [0.717, 1.165) is 71.2 Å². The third-order valence-electron chi connectivity index (χ3n) is 5.38. The largest absolute Gasteiger partial charge is 0.385 e. The number of nitrogens with one attached hydrogen (secondary N) is 1. The molecule has 0 bridgehead atoms. The number of methoxy groups -OCH3 is 2. The van der Waals surface area contributed by atoms with Gasteiger partial charge in [-0.2, -0.15) is 0 Å². The van der Waals surface area contributed by atoms with Gasteiger partial charge in [-0.3, -0.25) is 9.89 Å². The fraction of sp³-hybridized carbons (Fsp3) is 0.947. The highest BCUT2D eigenvalue weighted by atomic mass is 16.5. The molecule has 1 atom stereocenters. The molecule has 7 heteroatoms. The third kappa shape index (κ3) is 7.02. The van der Waals surface area contributed by atoms with Crippen LogP contribution in [0.5, 0.6) is 0 Å². The Morgan fingerprint density at radius 2 is 1.81 bits per heavy atom. The Morgan fingerprint density at radius 1 is 1.04 bits per heavy atom. The van der Waals surface area contributed by atoms with Crippen LogP contribution < -0.4 is 5.32 Å². The van der Waals surface area contributed by atoms with Crippen LogP contribution in [0.25, 0.3) is 0 Å². The van der Waals surface area contributed by atoms with Gasteiger partial charge in [0.05, 0.1) is 12.7 Å². The van der Waals surface area contributed by atoms with Crippen LogP contribution in [0.15, 0.2) is 4.99 Å². The molecule has 2 saturated heterocycles. The van der Waals surface area contributed by atoms with E-state index >= 15 is 0 Å². The van der Waals surface area contributed by atoms with Crippen molar-refractivity contribution in [3.8, 4) is 0 Å². The van der Waals surface area contributed by atoms with Gasteiger partial charge in [-0.1, -0.05) is 0 Å². The highest BCUT2D eigenvalue weighted by Gasteiger charge is 2.26. The first-order chi connectivity index (χ1) is 12.8. The van der Waals surface area contributed by atoms with E-state index in [1.54, 1.807) is 14.2 Å². The molecule has 152 valence electrons. The Labute approximate surface area is 159 Å². The molecular formula is C19H38N4O3. The summed E-state index contributed by atoms with van der Waals surface area (Å²) in [5, 5.41) is 3.60. The van der Waals surface area contributed by atoms with Crippen molar-refractivity contribution in [2.24, 2.45) is 4.99 Å². The first kappa shape index (κ1) is 21.4. The molecule has 1 unspecified atom stereocenters. The molecule has 2 fully saturated rings. The predicted molar refractivity (Wildman–Crippen MR) is 105 cm³/mol. The highest BCUT2D eigenvalue weighted by Crippen LogP contribution is 2.17. The molecule has 26 heavy (non-hydrogen) atoms. The molecular weight excluding hydrogens is 332 g/mol. The normalized spacial score (nSPS) is 23.0. The van der Waals surface area contributed by atoms with E-state index in [2.05, 4.69) is 20.1 Å². The Kier molecular flexibility index (Phi) is 10.3. The second-order valence-corrected chi connectivity index (χ2v) is 7.16.